The Morgan fingerprint density at radius 1 is 1.15 bits per heavy atom. The van der Waals surface area contributed by atoms with Crippen LogP contribution in [-0.4, -0.2) is 47.6 Å². The molecular weight excluding hydrogens is 584 g/mol. The molecule has 1 aliphatic carbocycles. The minimum atomic E-state index is -4.67. The lowest BCUT2D eigenvalue weighted by Gasteiger charge is -2.18. The van der Waals surface area contributed by atoms with Gasteiger partial charge in [0.1, 0.15) is 12.2 Å². The van der Waals surface area contributed by atoms with E-state index < -0.39 is 23.7 Å². The van der Waals surface area contributed by atoms with E-state index in [0.717, 1.165) is 17.6 Å². The number of nitrogens with one attached hydrogen (secondary N) is 2. The Kier molecular flexibility index (Phi) is 7.75. The lowest BCUT2D eigenvalue weighted by molar-refractivity contribution is -0.141. The number of alkyl halides is 3. The van der Waals surface area contributed by atoms with Gasteiger partial charge in [-0.2, -0.15) is 28.2 Å². The van der Waals surface area contributed by atoms with Gasteiger partial charge in [0.2, 0.25) is 0 Å². The summed E-state index contributed by atoms with van der Waals surface area (Å²) >= 11 is 12.6. The van der Waals surface area contributed by atoms with Crippen molar-refractivity contribution in [3.63, 3.8) is 0 Å². The highest BCUT2D eigenvalue weighted by molar-refractivity contribution is 6.32. The Bertz CT molecular complexity index is 1630. The number of benzene rings is 1. The van der Waals surface area contributed by atoms with Gasteiger partial charge in [-0.15, -0.1) is 5.10 Å². The van der Waals surface area contributed by atoms with Crippen LogP contribution in [0.25, 0.3) is 5.82 Å². The molecular formula is C26H23Cl2F3N8O2. The van der Waals surface area contributed by atoms with Crippen molar-refractivity contribution in [1.29, 1.82) is 0 Å². The second kappa shape index (κ2) is 11.1. The van der Waals surface area contributed by atoms with Crippen LogP contribution < -0.4 is 10.6 Å². The van der Waals surface area contributed by atoms with Crippen LogP contribution in [0.2, 0.25) is 10.0 Å². The molecule has 0 bridgehead atoms. The molecule has 15 heteroatoms. The summed E-state index contributed by atoms with van der Waals surface area (Å²) in [5.41, 5.74) is -0.0928. The molecule has 10 nitrogen and oxygen atoms in total. The van der Waals surface area contributed by atoms with Gasteiger partial charge in [0.05, 0.1) is 28.2 Å². The van der Waals surface area contributed by atoms with Crippen molar-refractivity contribution < 1.29 is 22.8 Å². The maximum atomic E-state index is 13.7. The Labute approximate surface area is 241 Å². The van der Waals surface area contributed by atoms with Gasteiger partial charge in [-0.1, -0.05) is 23.2 Å². The maximum absolute atomic E-state index is 13.7. The van der Waals surface area contributed by atoms with E-state index in [-0.39, 0.29) is 46.1 Å². The number of hydrogen-bond acceptors (Lipinski definition) is 6. The molecule has 1 aliphatic rings. The summed E-state index contributed by atoms with van der Waals surface area (Å²) in [5, 5.41) is 17.7. The number of hydrogen-bond donors (Lipinski definition) is 2. The van der Waals surface area contributed by atoms with Gasteiger partial charge >= 0.3 is 6.18 Å². The molecule has 0 saturated heterocycles. The predicted molar refractivity (Wildman–Crippen MR) is 144 cm³/mol. The predicted octanol–water partition coefficient (Wildman–Crippen LogP) is 5.32. The average molecular weight is 607 g/mol. The van der Waals surface area contributed by atoms with Crippen molar-refractivity contribution in [1.82, 2.24) is 35.1 Å². The number of aryl methyl sites for hydroxylation is 1. The van der Waals surface area contributed by atoms with Crippen LogP contribution >= 0.6 is 23.2 Å². The Morgan fingerprint density at radius 2 is 1.90 bits per heavy atom. The number of aromatic nitrogens is 6. The summed E-state index contributed by atoms with van der Waals surface area (Å²) in [7, 11) is 0. The minimum Gasteiger partial charge on any atom is -0.349 e. The van der Waals surface area contributed by atoms with E-state index >= 15 is 0 Å². The molecule has 3 aromatic heterocycles. The molecule has 5 rings (SSSR count). The number of halogens is 5. The third-order valence-corrected chi connectivity index (χ3v) is 7.05. The van der Waals surface area contributed by atoms with Crippen LogP contribution in [0.15, 0.2) is 42.7 Å². The summed E-state index contributed by atoms with van der Waals surface area (Å²) < 4.78 is 40.2. The molecule has 0 radical (unpaired) electrons. The highest BCUT2D eigenvalue weighted by atomic mass is 35.5. The number of nitrogens with zero attached hydrogens (tertiary/aromatic N) is 6. The van der Waals surface area contributed by atoms with Gasteiger partial charge in [0, 0.05) is 17.3 Å². The molecule has 1 aromatic carbocycles. The first kappa shape index (κ1) is 28.6. The van der Waals surface area contributed by atoms with Crippen LogP contribution in [-0.2, 0) is 12.7 Å². The van der Waals surface area contributed by atoms with Gasteiger partial charge in [0.25, 0.3) is 11.8 Å². The molecule has 2 N–H and O–H groups in total. The number of amides is 2. The lowest BCUT2D eigenvalue weighted by atomic mass is 10.1. The third kappa shape index (κ3) is 6.35. The molecule has 0 spiro atoms. The van der Waals surface area contributed by atoms with Gasteiger partial charge in [-0.3, -0.25) is 9.59 Å². The largest absolute Gasteiger partial charge is 0.436 e. The molecule has 1 atom stereocenters. The van der Waals surface area contributed by atoms with Crippen molar-refractivity contribution in [2.24, 2.45) is 5.92 Å². The number of pyridine rings is 1. The van der Waals surface area contributed by atoms with Crippen LogP contribution in [0.4, 0.5) is 18.9 Å². The molecule has 0 aliphatic heterocycles. The van der Waals surface area contributed by atoms with E-state index in [1.807, 2.05) is 6.92 Å². The number of rotatable bonds is 8. The fourth-order valence-electron chi connectivity index (χ4n) is 4.28. The first-order valence-corrected chi connectivity index (χ1v) is 13.3. The first-order valence-electron chi connectivity index (χ1n) is 12.5. The summed E-state index contributed by atoms with van der Waals surface area (Å²) in [6.45, 7) is 3.34. The monoisotopic (exact) mass is 606 g/mol. The highest BCUT2D eigenvalue weighted by Crippen LogP contribution is 2.33. The van der Waals surface area contributed by atoms with Crippen molar-refractivity contribution in [2.45, 2.75) is 45.5 Å². The molecule has 41 heavy (non-hydrogen) atoms. The summed E-state index contributed by atoms with van der Waals surface area (Å²) in [6.07, 6.45) is -0.551. The summed E-state index contributed by atoms with van der Waals surface area (Å²) in [5.74, 6) is -0.550. The summed E-state index contributed by atoms with van der Waals surface area (Å²) in [4.78, 5) is 31.9. The van der Waals surface area contributed by atoms with Crippen LogP contribution in [0, 0.1) is 12.8 Å². The Morgan fingerprint density at radius 3 is 2.56 bits per heavy atom. The normalized spacial score (nSPS) is 14.1. The quantitative estimate of drug-likeness (QED) is 0.280. The Hall–Kier alpha value is -3.97. The van der Waals surface area contributed by atoms with Crippen molar-refractivity contribution in [3.05, 3.63) is 81.0 Å². The fourth-order valence-corrected chi connectivity index (χ4v) is 4.75. The maximum Gasteiger partial charge on any atom is 0.436 e. The van der Waals surface area contributed by atoms with Crippen molar-refractivity contribution in [2.75, 3.05) is 5.32 Å². The van der Waals surface area contributed by atoms with E-state index in [9.17, 15) is 22.8 Å². The van der Waals surface area contributed by atoms with Gasteiger partial charge < -0.3 is 10.6 Å². The zero-order chi connectivity index (χ0) is 29.5. The van der Waals surface area contributed by atoms with E-state index in [2.05, 4.69) is 30.9 Å². The second-order valence-electron chi connectivity index (χ2n) is 9.70. The highest BCUT2D eigenvalue weighted by Gasteiger charge is 2.34. The van der Waals surface area contributed by atoms with E-state index in [0.29, 0.717) is 22.7 Å². The van der Waals surface area contributed by atoms with Crippen molar-refractivity contribution in [3.8, 4) is 5.82 Å². The Balaban J connectivity index is 1.49. The second-order valence-corrected chi connectivity index (χ2v) is 10.5. The molecule has 3 heterocycles. The third-order valence-electron chi connectivity index (χ3n) is 6.53. The summed E-state index contributed by atoms with van der Waals surface area (Å²) in [6, 6.07) is 7.53. The molecule has 1 unspecified atom stereocenters. The number of carbonyl (C=O) groups is 2. The van der Waals surface area contributed by atoms with Gasteiger partial charge in [0.15, 0.2) is 11.5 Å². The van der Waals surface area contributed by atoms with Crippen molar-refractivity contribution >= 4 is 40.7 Å². The smallest absolute Gasteiger partial charge is 0.349 e. The number of carbonyl (C=O) groups excluding carboxylic acids is 2. The van der Waals surface area contributed by atoms with Crippen LogP contribution in [0.1, 0.15) is 57.6 Å². The average Bonchev–Trinajstić information content (AvgIpc) is 3.51. The molecule has 4 aromatic rings. The van der Waals surface area contributed by atoms with E-state index in [4.69, 9.17) is 23.2 Å². The fraction of sp³-hybridized carbons (Fsp3) is 0.308. The van der Waals surface area contributed by atoms with Crippen LogP contribution in [0.3, 0.4) is 0 Å². The van der Waals surface area contributed by atoms with Gasteiger partial charge in [-0.05, 0) is 68.5 Å². The SMILES string of the molecule is Cc1cc(Cl)cc(C(=O)NC(C)C2CC2)c1NC(=O)c1cc(Cn2ncc(C(F)(F)F)n2)nn1-c1ncccc1Cl. The van der Waals surface area contributed by atoms with E-state index in [1.54, 1.807) is 25.1 Å². The van der Waals surface area contributed by atoms with Gasteiger partial charge in [-0.25, -0.2) is 9.67 Å². The minimum absolute atomic E-state index is 0.0455. The standard InChI is InChI=1S/C26H23Cl2F3N8O2/c1-13-8-16(27)9-18(24(40)34-14(2)15-5-6-15)22(13)35-25(41)20-10-17(12-38-33-11-21(37-38)26(29,30)31)36-39(20)23-19(28)4-3-7-32-23/h3-4,7-11,14-15H,5-6,12H2,1-2H3,(H,34,40)(H,35,41). The zero-order valence-corrected chi connectivity index (χ0v) is 23.2. The first-order chi connectivity index (χ1) is 19.4. The number of anilines is 1. The molecule has 1 saturated carbocycles. The molecule has 1 fully saturated rings. The molecule has 214 valence electrons. The van der Waals surface area contributed by atoms with E-state index in [1.165, 1.54) is 23.0 Å². The lowest BCUT2D eigenvalue weighted by Crippen LogP contribution is -2.34. The topological polar surface area (TPSA) is 120 Å². The van der Waals surface area contributed by atoms with Crippen LogP contribution in [0.5, 0.6) is 0 Å². The zero-order valence-electron chi connectivity index (χ0n) is 21.7. The molecule has 2 amide bonds.